The number of aromatic amines is 1. The molecule has 1 aromatic heterocycles. The molecule has 2 heterocycles. The number of H-pyrrole nitrogens is 1. The number of piperazine rings is 1. The third-order valence-corrected chi connectivity index (χ3v) is 6.52. The molecule has 1 aliphatic rings. The third kappa shape index (κ3) is 4.56. The van der Waals surface area contributed by atoms with Crippen molar-refractivity contribution >= 4 is 34.4 Å². The number of amides is 1. The Balaban J connectivity index is 1.29. The summed E-state index contributed by atoms with van der Waals surface area (Å²) in [5.41, 5.74) is 3.11. The SMILES string of the molecule is CCOc1ccccc1N1CCN(C(=O)CS[C@@H](C)c2nc3ccccc3[nH]2)CC1. The topological polar surface area (TPSA) is 61.5 Å². The zero-order chi connectivity index (χ0) is 20.9. The smallest absolute Gasteiger partial charge is 0.232 e. The second-order valence-electron chi connectivity index (χ2n) is 7.36. The van der Waals surface area contributed by atoms with Crippen molar-refractivity contribution in [3.63, 3.8) is 0 Å². The molecule has 1 saturated heterocycles. The highest BCUT2D eigenvalue weighted by molar-refractivity contribution is 8.00. The Morgan fingerprint density at radius 3 is 2.63 bits per heavy atom. The van der Waals surface area contributed by atoms with Gasteiger partial charge in [0.15, 0.2) is 0 Å². The number of nitrogens with zero attached hydrogens (tertiary/aromatic N) is 3. The largest absolute Gasteiger partial charge is 0.492 e. The molecular weight excluding hydrogens is 396 g/mol. The lowest BCUT2D eigenvalue weighted by Gasteiger charge is -2.36. The first-order valence-electron chi connectivity index (χ1n) is 10.5. The van der Waals surface area contributed by atoms with E-state index in [1.54, 1.807) is 11.8 Å². The Hall–Kier alpha value is -2.67. The van der Waals surface area contributed by atoms with Gasteiger partial charge in [0.2, 0.25) is 5.91 Å². The number of imidazole rings is 1. The number of thioether (sulfide) groups is 1. The van der Waals surface area contributed by atoms with Crippen LogP contribution in [0.25, 0.3) is 11.0 Å². The third-order valence-electron chi connectivity index (χ3n) is 5.39. The highest BCUT2D eigenvalue weighted by Crippen LogP contribution is 2.30. The number of fused-ring (bicyclic) bond motifs is 1. The van der Waals surface area contributed by atoms with E-state index in [9.17, 15) is 4.79 Å². The van der Waals surface area contributed by atoms with E-state index < -0.39 is 0 Å². The van der Waals surface area contributed by atoms with Gasteiger partial charge in [-0.15, -0.1) is 11.8 Å². The molecule has 30 heavy (non-hydrogen) atoms. The van der Waals surface area contributed by atoms with Crippen molar-refractivity contribution in [3.8, 4) is 5.75 Å². The van der Waals surface area contributed by atoms with Crippen LogP contribution >= 0.6 is 11.8 Å². The first-order chi connectivity index (χ1) is 14.7. The summed E-state index contributed by atoms with van der Waals surface area (Å²) in [4.78, 5) is 25.0. The quantitative estimate of drug-likeness (QED) is 0.619. The Bertz CT molecular complexity index is 965. The van der Waals surface area contributed by atoms with E-state index in [1.165, 1.54) is 0 Å². The van der Waals surface area contributed by atoms with Gasteiger partial charge in [0.05, 0.1) is 34.3 Å². The minimum atomic E-state index is 0.140. The number of nitrogens with one attached hydrogen (secondary N) is 1. The van der Waals surface area contributed by atoms with Gasteiger partial charge in [-0.1, -0.05) is 24.3 Å². The van der Waals surface area contributed by atoms with Gasteiger partial charge in [-0.2, -0.15) is 0 Å². The number of rotatable bonds is 7. The number of hydrogen-bond acceptors (Lipinski definition) is 5. The fourth-order valence-corrected chi connectivity index (χ4v) is 4.57. The number of aromatic nitrogens is 2. The van der Waals surface area contributed by atoms with Crippen LogP contribution in [-0.4, -0.2) is 59.3 Å². The predicted molar refractivity (Wildman–Crippen MR) is 123 cm³/mol. The molecule has 7 heteroatoms. The number of anilines is 1. The van der Waals surface area contributed by atoms with Crippen LogP contribution in [0.15, 0.2) is 48.5 Å². The summed E-state index contributed by atoms with van der Waals surface area (Å²) in [5, 5.41) is 0.140. The van der Waals surface area contributed by atoms with Crippen molar-refractivity contribution in [1.82, 2.24) is 14.9 Å². The second-order valence-corrected chi connectivity index (χ2v) is 8.69. The monoisotopic (exact) mass is 424 g/mol. The maximum absolute atomic E-state index is 12.7. The van der Waals surface area contributed by atoms with Crippen molar-refractivity contribution < 1.29 is 9.53 Å². The normalized spacial score (nSPS) is 15.4. The minimum Gasteiger partial charge on any atom is -0.492 e. The van der Waals surface area contributed by atoms with Crippen LogP contribution in [0.5, 0.6) is 5.75 Å². The number of para-hydroxylation sites is 4. The maximum Gasteiger partial charge on any atom is 0.232 e. The van der Waals surface area contributed by atoms with Crippen LogP contribution in [0.2, 0.25) is 0 Å². The summed E-state index contributed by atoms with van der Waals surface area (Å²) in [6.07, 6.45) is 0. The molecular formula is C23H28N4O2S. The molecule has 2 aromatic carbocycles. The van der Waals surface area contributed by atoms with Gasteiger partial charge >= 0.3 is 0 Å². The van der Waals surface area contributed by atoms with Crippen LogP contribution < -0.4 is 9.64 Å². The lowest BCUT2D eigenvalue weighted by atomic mass is 10.2. The van der Waals surface area contributed by atoms with Crippen molar-refractivity contribution in [3.05, 3.63) is 54.4 Å². The minimum absolute atomic E-state index is 0.140. The predicted octanol–water partition coefficient (Wildman–Crippen LogP) is 4.10. The summed E-state index contributed by atoms with van der Waals surface area (Å²) in [5.74, 6) is 2.50. The molecule has 1 atom stereocenters. The maximum atomic E-state index is 12.7. The summed E-state index contributed by atoms with van der Waals surface area (Å²) in [6.45, 7) is 7.85. The van der Waals surface area contributed by atoms with Crippen LogP contribution in [0, 0.1) is 0 Å². The van der Waals surface area contributed by atoms with Gasteiger partial charge < -0.3 is 19.5 Å². The first kappa shape index (κ1) is 20.6. The first-order valence-corrected chi connectivity index (χ1v) is 11.5. The molecule has 0 radical (unpaired) electrons. The fourth-order valence-electron chi connectivity index (χ4n) is 3.72. The summed E-state index contributed by atoms with van der Waals surface area (Å²) in [7, 11) is 0. The molecule has 0 saturated carbocycles. The van der Waals surface area contributed by atoms with Gasteiger partial charge in [-0.25, -0.2) is 4.98 Å². The van der Waals surface area contributed by atoms with Crippen molar-refractivity contribution in [2.24, 2.45) is 0 Å². The lowest BCUT2D eigenvalue weighted by Crippen LogP contribution is -2.49. The zero-order valence-corrected chi connectivity index (χ0v) is 18.3. The van der Waals surface area contributed by atoms with Crippen LogP contribution in [0.1, 0.15) is 24.9 Å². The average molecular weight is 425 g/mol. The summed E-state index contributed by atoms with van der Waals surface area (Å²) >= 11 is 1.63. The summed E-state index contributed by atoms with van der Waals surface area (Å²) < 4.78 is 5.76. The molecule has 3 aromatic rings. The second kappa shape index (κ2) is 9.43. The van der Waals surface area contributed by atoms with Gasteiger partial charge in [0, 0.05) is 26.2 Å². The number of ether oxygens (including phenoxy) is 1. The average Bonchev–Trinajstić information content (AvgIpc) is 3.22. The van der Waals surface area contributed by atoms with E-state index in [4.69, 9.17) is 4.74 Å². The van der Waals surface area contributed by atoms with Crippen molar-refractivity contribution in [1.29, 1.82) is 0 Å². The standard InChI is InChI=1S/C23H28N4O2S/c1-3-29-21-11-7-6-10-20(21)26-12-14-27(15-13-26)22(28)16-30-17(2)23-24-18-8-4-5-9-19(18)25-23/h4-11,17H,3,12-16H2,1-2H3,(H,24,25)/t17-/m0/s1. The highest BCUT2D eigenvalue weighted by atomic mass is 32.2. The van der Waals surface area contributed by atoms with Crippen molar-refractivity contribution in [2.75, 3.05) is 43.4 Å². The molecule has 0 aliphatic carbocycles. The molecule has 1 aliphatic heterocycles. The van der Waals surface area contributed by atoms with Gasteiger partial charge in [0.25, 0.3) is 0 Å². The highest BCUT2D eigenvalue weighted by Gasteiger charge is 2.23. The van der Waals surface area contributed by atoms with Gasteiger partial charge in [0.1, 0.15) is 11.6 Å². The molecule has 0 bridgehead atoms. The molecule has 0 spiro atoms. The van der Waals surface area contributed by atoms with E-state index >= 15 is 0 Å². The Morgan fingerprint density at radius 1 is 1.13 bits per heavy atom. The number of carbonyl (C=O) groups excluding carboxylic acids is 1. The van der Waals surface area contributed by atoms with Gasteiger partial charge in [-0.3, -0.25) is 4.79 Å². The fraction of sp³-hybridized carbons (Fsp3) is 0.391. The molecule has 1 N–H and O–H groups in total. The van der Waals surface area contributed by atoms with E-state index in [-0.39, 0.29) is 11.2 Å². The number of benzene rings is 2. The Labute approximate surface area is 181 Å². The van der Waals surface area contributed by atoms with Crippen molar-refractivity contribution in [2.45, 2.75) is 19.1 Å². The van der Waals surface area contributed by atoms with E-state index in [0.717, 1.165) is 54.5 Å². The van der Waals surface area contributed by atoms with Crippen LogP contribution in [-0.2, 0) is 4.79 Å². The molecule has 6 nitrogen and oxygen atoms in total. The van der Waals surface area contributed by atoms with E-state index in [2.05, 4.69) is 27.9 Å². The molecule has 0 unspecified atom stereocenters. The molecule has 1 amide bonds. The molecule has 1 fully saturated rings. The molecule has 4 rings (SSSR count). The molecule has 158 valence electrons. The zero-order valence-electron chi connectivity index (χ0n) is 17.5. The van der Waals surface area contributed by atoms with Gasteiger partial charge in [-0.05, 0) is 38.1 Å². The Kier molecular flexibility index (Phi) is 6.47. The Morgan fingerprint density at radius 2 is 1.87 bits per heavy atom. The van der Waals surface area contributed by atoms with Crippen LogP contribution in [0.3, 0.4) is 0 Å². The van der Waals surface area contributed by atoms with E-state index in [1.807, 2.05) is 54.3 Å². The van der Waals surface area contributed by atoms with E-state index in [0.29, 0.717) is 12.4 Å². The van der Waals surface area contributed by atoms with Crippen LogP contribution in [0.4, 0.5) is 5.69 Å². The summed E-state index contributed by atoms with van der Waals surface area (Å²) in [6, 6.07) is 16.1. The number of carbonyl (C=O) groups is 1. The lowest BCUT2D eigenvalue weighted by molar-refractivity contribution is -0.128. The number of hydrogen-bond donors (Lipinski definition) is 1.